The van der Waals surface area contributed by atoms with E-state index < -0.39 is 36.8 Å². The molecule has 0 N–H and O–H groups in total. The predicted molar refractivity (Wildman–Crippen MR) is 95.3 cm³/mol. The molecule has 0 aliphatic carbocycles. The van der Waals surface area contributed by atoms with Gasteiger partial charge >= 0.3 is 14.4 Å². The summed E-state index contributed by atoms with van der Waals surface area (Å²) in [4.78, 5) is 10.9. The predicted octanol–water partition coefficient (Wildman–Crippen LogP) is 0.611. The van der Waals surface area contributed by atoms with E-state index in [1.54, 1.807) is 23.1 Å². The van der Waals surface area contributed by atoms with Gasteiger partial charge in [0, 0.05) is 5.10 Å². The monoisotopic (exact) mass is 362 g/mol. The van der Waals surface area contributed by atoms with E-state index in [9.17, 15) is 4.79 Å². The molecule has 10 heteroatoms. The second kappa shape index (κ2) is 5.78. The summed E-state index contributed by atoms with van der Waals surface area (Å²) in [6.07, 6.45) is 4.92. The Labute approximate surface area is 154 Å². The molecule has 0 spiro atoms. The SMILES string of the molecule is CC1(C)OB(c2c[n+](B3OC(C)(C)C(C)(C)O3)cn2N=C=O)OC1(C)C. The lowest BCUT2D eigenvalue weighted by molar-refractivity contribution is -0.562. The number of nitrogens with zero attached hydrogens (tertiary/aromatic N) is 3. The van der Waals surface area contributed by atoms with Gasteiger partial charge in [-0.15, -0.1) is 0 Å². The fourth-order valence-corrected chi connectivity index (χ4v) is 2.75. The maximum Gasteiger partial charge on any atom is 0.726 e. The summed E-state index contributed by atoms with van der Waals surface area (Å²) in [6, 6.07) is 0. The molecular formula is C16H26B2N3O5+. The van der Waals surface area contributed by atoms with Crippen molar-refractivity contribution in [3.63, 3.8) is 0 Å². The molecule has 8 nitrogen and oxygen atoms in total. The Morgan fingerprint density at radius 2 is 1.38 bits per heavy atom. The van der Waals surface area contributed by atoms with Crippen LogP contribution in [0.4, 0.5) is 0 Å². The number of aromatic nitrogens is 2. The number of rotatable bonds is 3. The molecule has 2 fully saturated rings. The summed E-state index contributed by atoms with van der Waals surface area (Å²) in [5.41, 5.74) is -1.42. The molecule has 0 radical (unpaired) electrons. The fourth-order valence-electron chi connectivity index (χ4n) is 2.75. The molecule has 0 aromatic carbocycles. The summed E-state index contributed by atoms with van der Waals surface area (Å²) >= 11 is 0. The normalized spacial score (nSPS) is 25.4. The van der Waals surface area contributed by atoms with Crippen molar-refractivity contribution in [2.45, 2.75) is 77.8 Å². The van der Waals surface area contributed by atoms with E-state index in [2.05, 4.69) is 5.10 Å². The molecule has 0 atom stereocenters. The molecule has 2 aliphatic heterocycles. The van der Waals surface area contributed by atoms with Gasteiger partial charge in [0.15, 0.2) is 0 Å². The van der Waals surface area contributed by atoms with E-state index in [1.165, 1.54) is 4.68 Å². The molecule has 3 heterocycles. The zero-order chi connectivity index (χ0) is 19.5. The van der Waals surface area contributed by atoms with Crippen molar-refractivity contribution in [3.8, 4) is 0 Å². The minimum Gasteiger partial charge on any atom is -0.397 e. The minimum atomic E-state index is -0.680. The highest BCUT2D eigenvalue weighted by atomic mass is 16.7. The van der Waals surface area contributed by atoms with Crippen LogP contribution in [-0.4, -0.2) is 47.5 Å². The van der Waals surface area contributed by atoms with E-state index in [4.69, 9.17) is 18.6 Å². The third kappa shape index (κ3) is 2.96. The molecule has 0 bridgehead atoms. The molecule has 1 aromatic heterocycles. The third-order valence-electron chi connectivity index (χ3n) is 5.92. The van der Waals surface area contributed by atoms with Crippen molar-refractivity contribution in [3.05, 3.63) is 12.5 Å². The third-order valence-corrected chi connectivity index (χ3v) is 5.92. The fraction of sp³-hybridized carbons (Fsp3) is 0.750. The summed E-state index contributed by atoms with van der Waals surface area (Å²) in [5, 5.41) is 3.73. The van der Waals surface area contributed by atoms with Gasteiger partial charge in [-0.2, -0.15) is 0 Å². The van der Waals surface area contributed by atoms with Gasteiger partial charge in [0.05, 0.1) is 22.4 Å². The van der Waals surface area contributed by atoms with Gasteiger partial charge in [-0.05, 0) is 55.4 Å². The quantitative estimate of drug-likeness (QED) is 0.448. The first kappa shape index (κ1) is 19.3. The minimum absolute atomic E-state index is 0.481. The molecule has 140 valence electrons. The van der Waals surface area contributed by atoms with E-state index in [1.807, 2.05) is 55.4 Å². The second-order valence-electron chi connectivity index (χ2n) is 8.80. The number of isocyanates is 1. The lowest BCUT2D eigenvalue weighted by Crippen LogP contribution is -2.53. The molecule has 2 aliphatic rings. The van der Waals surface area contributed by atoms with Gasteiger partial charge < -0.3 is 18.6 Å². The van der Waals surface area contributed by atoms with Crippen LogP contribution in [0.15, 0.2) is 17.6 Å². The number of hydrogen-bond acceptors (Lipinski definition) is 6. The van der Waals surface area contributed by atoms with E-state index in [-0.39, 0.29) is 0 Å². The first-order valence-corrected chi connectivity index (χ1v) is 8.72. The first-order valence-electron chi connectivity index (χ1n) is 8.72. The smallest absolute Gasteiger partial charge is 0.397 e. The van der Waals surface area contributed by atoms with Gasteiger partial charge in [0.1, 0.15) is 6.20 Å². The highest BCUT2D eigenvalue weighted by Gasteiger charge is 2.58. The Kier molecular flexibility index (Phi) is 4.29. The molecule has 0 unspecified atom stereocenters. The largest absolute Gasteiger partial charge is 0.726 e. The van der Waals surface area contributed by atoms with Gasteiger partial charge in [-0.1, -0.05) is 4.68 Å². The molecular weight excluding hydrogens is 336 g/mol. The van der Waals surface area contributed by atoms with E-state index in [0.717, 1.165) is 0 Å². The summed E-state index contributed by atoms with van der Waals surface area (Å²) in [5.74, 6) is 0. The lowest BCUT2D eigenvalue weighted by atomic mass is 9.85. The Morgan fingerprint density at radius 3 is 1.85 bits per heavy atom. The van der Waals surface area contributed by atoms with Crippen LogP contribution < -0.4 is 10.1 Å². The van der Waals surface area contributed by atoms with Gasteiger partial charge in [0.25, 0.3) is 12.4 Å². The zero-order valence-corrected chi connectivity index (χ0v) is 16.7. The molecule has 26 heavy (non-hydrogen) atoms. The molecule has 2 saturated heterocycles. The Bertz CT molecular complexity index is 736. The highest BCUT2D eigenvalue weighted by Crippen LogP contribution is 2.37. The maximum atomic E-state index is 10.9. The van der Waals surface area contributed by atoms with Crippen LogP contribution in [0.1, 0.15) is 55.4 Å². The molecule has 1 aromatic rings. The molecule has 0 saturated carbocycles. The van der Waals surface area contributed by atoms with Crippen LogP contribution in [0.3, 0.4) is 0 Å². The van der Waals surface area contributed by atoms with Crippen LogP contribution in [0, 0.1) is 0 Å². The van der Waals surface area contributed by atoms with Crippen LogP contribution in [0.25, 0.3) is 0 Å². The van der Waals surface area contributed by atoms with Gasteiger partial charge in [-0.25, -0.2) is 9.27 Å². The Hall–Kier alpha value is -1.44. The van der Waals surface area contributed by atoms with E-state index in [0.29, 0.717) is 5.59 Å². The van der Waals surface area contributed by atoms with Crippen LogP contribution in [0.2, 0.25) is 0 Å². The van der Waals surface area contributed by atoms with Crippen molar-refractivity contribution in [2.24, 2.45) is 5.10 Å². The van der Waals surface area contributed by atoms with E-state index >= 15 is 0 Å². The van der Waals surface area contributed by atoms with Crippen molar-refractivity contribution in [1.29, 1.82) is 0 Å². The topological polar surface area (TPSA) is 75.2 Å². The zero-order valence-electron chi connectivity index (χ0n) is 16.7. The number of hydrogen-bond donors (Lipinski definition) is 0. The van der Waals surface area contributed by atoms with Gasteiger partial charge in [0.2, 0.25) is 5.59 Å². The molecule has 0 amide bonds. The maximum absolute atomic E-state index is 10.9. The second-order valence-corrected chi connectivity index (χ2v) is 8.80. The van der Waals surface area contributed by atoms with Crippen molar-refractivity contribution >= 4 is 26.0 Å². The van der Waals surface area contributed by atoms with Crippen molar-refractivity contribution < 1.29 is 27.9 Å². The Morgan fingerprint density at radius 1 is 0.923 bits per heavy atom. The van der Waals surface area contributed by atoms with Crippen LogP contribution in [0.5, 0.6) is 0 Å². The standard InChI is InChI=1S/C16H26B2N3O5/c1-13(2)14(3,4)24-17(23-13)12-9-20(11-21(12)19-10-22)18-25-15(5,6)16(7,8)26-18/h9,11H,1-8H3/q+1. The average Bonchev–Trinajstić information content (AvgIpc) is 3.03. The highest BCUT2D eigenvalue weighted by molar-refractivity contribution is 6.61. The summed E-state index contributed by atoms with van der Waals surface area (Å²) in [6.45, 7) is 15.8. The number of carbonyl (C=O) groups excluding carboxylic acids is 1. The molecule has 3 rings (SSSR count). The lowest BCUT2D eigenvalue weighted by Gasteiger charge is -2.32. The summed E-state index contributed by atoms with van der Waals surface area (Å²) < 4.78 is 27.3. The Balaban J connectivity index is 1.95. The van der Waals surface area contributed by atoms with Crippen molar-refractivity contribution in [2.75, 3.05) is 0 Å². The number of imidazole rings is 1. The van der Waals surface area contributed by atoms with Gasteiger partial charge in [-0.3, -0.25) is 0 Å². The summed E-state index contributed by atoms with van der Waals surface area (Å²) in [7, 11) is -1.33. The average molecular weight is 362 g/mol. The van der Waals surface area contributed by atoms with Crippen LogP contribution in [-0.2, 0) is 23.4 Å². The van der Waals surface area contributed by atoms with Crippen molar-refractivity contribution in [1.82, 2.24) is 4.68 Å². The first-order chi connectivity index (χ1) is 11.8. The van der Waals surface area contributed by atoms with Crippen LogP contribution >= 0.6 is 0 Å².